The number of aromatic nitrogens is 1. The number of hydrogen-bond donors (Lipinski definition) is 0. The van der Waals surface area contributed by atoms with Crippen LogP contribution in [0.2, 0.25) is 0 Å². The topological polar surface area (TPSA) is 37.6 Å². The summed E-state index contributed by atoms with van der Waals surface area (Å²) in [5.41, 5.74) is 2.17. The fourth-order valence-electron chi connectivity index (χ4n) is 2.75. The number of allylic oxidation sites excluding steroid dienone is 1. The normalized spacial score (nSPS) is 14.5. The van der Waals surface area contributed by atoms with E-state index in [0.717, 1.165) is 20.5 Å². The Morgan fingerprint density at radius 3 is 2.62 bits per heavy atom. The second-order valence-electron chi connectivity index (χ2n) is 5.88. The van der Waals surface area contributed by atoms with Crippen LogP contribution in [0, 0.1) is 0 Å². The summed E-state index contributed by atoms with van der Waals surface area (Å²) in [6.45, 7) is 1.08. The number of benzene rings is 2. The molecule has 0 aliphatic carbocycles. The van der Waals surface area contributed by atoms with Crippen LogP contribution in [-0.2, 0) is 6.67 Å². The Kier molecular flexibility index (Phi) is 4.86. The molecule has 4 rings (SSSR count). The van der Waals surface area contributed by atoms with E-state index >= 15 is 0 Å². The second kappa shape index (κ2) is 7.43. The first kappa shape index (κ1) is 17.0. The van der Waals surface area contributed by atoms with Crippen LogP contribution in [0.1, 0.15) is 5.56 Å². The van der Waals surface area contributed by atoms with E-state index in [1.165, 1.54) is 11.3 Å². The van der Waals surface area contributed by atoms with Gasteiger partial charge in [0.05, 0.1) is 4.53 Å². The van der Waals surface area contributed by atoms with Crippen molar-refractivity contribution in [1.82, 2.24) is 4.57 Å². The number of fused-ring (bicyclic) bond motifs is 1. The lowest BCUT2D eigenvalue weighted by molar-refractivity contribution is 0.569. The standard InChI is InChI=1S/C20H16BrN3OS/c21-16-9-11-17(12-10-16)23-13-22-20-24(14-23)19(25)18(26-20)8-4-7-15-5-2-1-3-6-15/h1-12H,13-14H2/b7-4+,18-8-. The predicted octanol–water partition coefficient (Wildman–Crippen LogP) is 3.22. The fourth-order valence-corrected chi connectivity index (χ4v) is 3.93. The lowest BCUT2D eigenvalue weighted by atomic mass is 10.2. The number of thiazole rings is 1. The van der Waals surface area contributed by atoms with E-state index in [2.05, 4.69) is 25.8 Å². The van der Waals surface area contributed by atoms with Gasteiger partial charge in [0.25, 0.3) is 5.56 Å². The van der Waals surface area contributed by atoms with Gasteiger partial charge in [-0.15, -0.1) is 0 Å². The fraction of sp³-hybridized carbons (Fsp3) is 0.100. The summed E-state index contributed by atoms with van der Waals surface area (Å²) in [6, 6.07) is 18.1. The second-order valence-corrected chi connectivity index (χ2v) is 7.80. The van der Waals surface area contributed by atoms with Crippen LogP contribution in [0.25, 0.3) is 12.2 Å². The molecule has 1 aromatic heterocycles. The summed E-state index contributed by atoms with van der Waals surface area (Å²) in [5, 5.41) is 0. The number of halogens is 1. The van der Waals surface area contributed by atoms with Crippen molar-refractivity contribution in [3.05, 3.63) is 90.4 Å². The van der Waals surface area contributed by atoms with E-state index in [0.29, 0.717) is 17.9 Å². The molecule has 2 aromatic carbocycles. The molecule has 0 bridgehead atoms. The van der Waals surface area contributed by atoms with Gasteiger partial charge in [0.1, 0.15) is 13.3 Å². The van der Waals surface area contributed by atoms with Crippen LogP contribution < -0.4 is 19.8 Å². The zero-order chi connectivity index (χ0) is 17.9. The van der Waals surface area contributed by atoms with Gasteiger partial charge in [0.15, 0.2) is 4.80 Å². The van der Waals surface area contributed by atoms with Gasteiger partial charge in [-0.05, 0) is 35.9 Å². The first-order valence-electron chi connectivity index (χ1n) is 8.19. The van der Waals surface area contributed by atoms with Crippen LogP contribution in [0.5, 0.6) is 0 Å². The minimum atomic E-state index is 0.00766. The molecule has 0 fully saturated rings. The van der Waals surface area contributed by atoms with Gasteiger partial charge in [-0.1, -0.05) is 69.8 Å². The zero-order valence-corrected chi connectivity index (χ0v) is 16.3. The number of anilines is 1. The van der Waals surface area contributed by atoms with Crippen molar-refractivity contribution < 1.29 is 0 Å². The average Bonchev–Trinajstić information content (AvgIpc) is 2.99. The SMILES string of the molecule is O=c1/c(=C/C=C/c2ccccc2)sc2n1CN(c1ccc(Br)cc1)CN=2. The monoisotopic (exact) mass is 425 g/mol. The number of rotatable bonds is 3. The Balaban J connectivity index is 1.61. The van der Waals surface area contributed by atoms with E-state index in [-0.39, 0.29) is 5.56 Å². The highest BCUT2D eigenvalue weighted by molar-refractivity contribution is 9.10. The summed E-state index contributed by atoms with van der Waals surface area (Å²) in [6.07, 6.45) is 5.78. The van der Waals surface area contributed by atoms with Gasteiger partial charge < -0.3 is 4.90 Å². The van der Waals surface area contributed by atoms with E-state index in [1.54, 1.807) is 4.57 Å². The summed E-state index contributed by atoms with van der Waals surface area (Å²) in [7, 11) is 0. The third-order valence-corrected chi connectivity index (χ3v) is 5.70. The molecule has 4 nitrogen and oxygen atoms in total. The molecule has 0 saturated heterocycles. The molecule has 0 N–H and O–H groups in total. The molecule has 6 heteroatoms. The van der Waals surface area contributed by atoms with Crippen molar-refractivity contribution in [2.24, 2.45) is 4.99 Å². The molecule has 0 amide bonds. The first-order chi connectivity index (χ1) is 12.7. The van der Waals surface area contributed by atoms with Crippen molar-refractivity contribution in [3.63, 3.8) is 0 Å². The highest BCUT2D eigenvalue weighted by Gasteiger charge is 2.15. The summed E-state index contributed by atoms with van der Waals surface area (Å²) >= 11 is 4.88. The zero-order valence-electron chi connectivity index (χ0n) is 13.9. The van der Waals surface area contributed by atoms with Crippen LogP contribution in [0.15, 0.2) is 74.9 Å². The Morgan fingerprint density at radius 1 is 1.08 bits per heavy atom. The van der Waals surface area contributed by atoms with E-state index in [4.69, 9.17) is 0 Å². The minimum absolute atomic E-state index is 0.00766. The Hall–Kier alpha value is -2.44. The molecule has 0 saturated carbocycles. The molecule has 130 valence electrons. The maximum atomic E-state index is 12.7. The molecule has 1 aliphatic rings. The molecule has 26 heavy (non-hydrogen) atoms. The maximum Gasteiger partial charge on any atom is 0.271 e. The summed E-state index contributed by atoms with van der Waals surface area (Å²) in [5.74, 6) is 0. The third kappa shape index (κ3) is 3.57. The van der Waals surface area contributed by atoms with Gasteiger partial charge in [-0.25, -0.2) is 4.99 Å². The molecule has 0 unspecified atom stereocenters. The van der Waals surface area contributed by atoms with Crippen LogP contribution in [0.4, 0.5) is 5.69 Å². The Labute approximate surface area is 163 Å². The summed E-state index contributed by atoms with van der Waals surface area (Å²) < 4.78 is 3.47. The van der Waals surface area contributed by atoms with Crippen molar-refractivity contribution in [2.75, 3.05) is 11.6 Å². The molecule has 3 aromatic rings. The van der Waals surface area contributed by atoms with Gasteiger partial charge in [0.2, 0.25) is 0 Å². The van der Waals surface area contributed by atoms with Crippen LogP contribution in [-0.4, -0.2) is 11.2 Å². The van der Waals surface area contributed by atoms with Crippen LogP contribution in [0.3, 0.4) is 0 Å². The molecule has 0 radical (unpaired) electrons. The summed E-state index contributed by atoms with van der Waals surface area (Å²) in [4.78, 5) is 20.1. The van der Waals surface area contributed by atoms with Gasteiger partial charge in [-0.3, -0.25) is 9.36 Å². The maximum absolute atomic E-state index is 12.7. The number of hydrogen-bond acceptors (Lipinski definition) is 4. The average molecular weight is 426 g/mol. The van der Waals surface area contributed by atoms with E-state index in [9.17, 15) is 4.79 Å². The molecule has 0 spiro atoms. The lowest BCUT2D eigenvalue weighted by Crippen LogP contribution is -2.42. The quantitative estimate of drug-likeness (QED) is 0.645. The minimum Gasteiger partial charge on any atom is -0.334 e. The van der Waals surface area contributed by atoms with Gasteiger partial charge in [-0.2, -0.15) is 0 Å². The Bertz CT molecular complexity index is 1110. The largest absolute Gasteiger partial charge is 0.334 e. The van der Waals surface area contributed by atoms with E-state index < -0.39 is 0 Å². The molecule has 2 heterocycles. The highest BCUT2D eigenvalue weighted by atomic mass is 79.9. The first-order valence-corrected chi connectivity index (χ1v) is 9.80. The molecular formula is C20H16BrN3OS. The molecule has 0 atom stereocenters. The van der Waals surface area contributed by atoms with Gasteiger partial charge >= 0.3 is 0 Å². The van der Waals surface area contributed by atoms with Crippen molar-refractivity contribution in [3.8, 4) is 0 Å². The predicted molar refractivity (Wildman–Crippen MR) is 111 cm³/mol. The third-order valence-electron chi connectivity index (χ3n) is 4.10. The van der Waals surface area contributed by atoms with Crippen LogP contribution >= 0.6 is 27.3 Å². The molecular weight excluding hydrogens is 410 g/mol. The smallest absolute Gasteiger partial charge is 0.271 e. The van der Waals surface area contributed by atoms with Crippen molar-refractivity contribution in [1.29, 1.82) is 0 Å². The molecule has 1 aliphatic heterocycles. The number of nitrogens with zero attached hydrogens (tertiary/aromatic N) is 3. The lowest BCUT2D eigenvalue weighted by Gasteiger charge is -2.25. The van der Waals surface area contributed by atoms with E-state index in [1.807, 2.05) is 72.8 Å². The highest BCUT2D eigenvalue weighted by Crippen LogP contribution is 2.19. The van der Waals surface area contributed by atoms with Crippen molar-refractivity contribution in [2.45, 2.75) is 6.67 Å². The van der Waals surface area contributed by atoms with Crippen molar-refractivity contribution >= 4 is 45.1 Å². The Morgan fingerprint density at radius 2 is 1.85 bits per heavy atom. The van der Waals surface area contributed by atoms with Gasteiger partial charge in [0, 0.05) is 10.2 Å².